The zero-order valence-electron chi connectivity index (χ0n) is 22.4. The molecule has 19 nitrogen and oxygen atoms in total. The molecule has 25 heteroatoms. The number of ether oxygens (including phenoxy) is 2. The topological polar surface area (TPSA) is 263 Å². The average Bonchev–Trinajstić information content (AvgIpc) is 3.72. The van der Waals surface area contributed by atoms with Gasteiger partial charge in [0.15, 0.2) is 29.8 Å². The van der Waals surface area contributed by atoms with Crippen LogP contribution in [0.25, 0.3) is 22.2 Å². The highest BCUT2D eigenvalue weighted by molar-refractivity contribution is 8.44. The van der Waals surface area contributed by atoms with Crippen LogP contribution in [0.2, 0.25) is 0 Å². The SMILES string of the molecule is Nc1nc2c(nnn2[C@@H]2O[C@H](COP(O)(O)=S)[C@H](F)C2OP(=O)(S)OC[C@@H]2C[C@H](F)[C@@H](n3ccc4c(N)ncnc43)O2)c(=O)[nH]1. The number of aromatic amines is 1. The zero-order chi connectivity index (χ0) is 32.3. The summed E-state index contributed by atoms with van der Waals surface area (Å²) in [6.07, 6.45) is -8.16. The van der Waals surface area contributed by atoms with Crippen molar-refractivity contribution >= 4 is 71.5 Å². The van der Waals surface area contributed by atoms with Crippen LogP contribution in [-0.4, -0.2) is 93.2 Å². The van der Waals surface area contributed by atoms with Crippen LogP contribution in [0.1, 0.15) is 18.9 Å². The van der Waals surface area contributed by atoms with Crippen molar-refractivity contribution in [2.75, 3.05) is 24.7 Å². The fraction of sp³-hybridized carbons (Fsp3) is 0.500. The number of hydrogen-bond acceptors (Lipinski definition) is 15. The number of halogens is 2. The molecule has 0 spiro atoms. The minimum atomic E-state index is -4.47. The molecule has 7 N–H and O–H groups in total. The number of nitrogens with one attached hydrogen (secondary N) is 1. The van der Waals surface area contributed by atoms with E-state index in [9.17, 15) is 19.1 Å². The van der Waals surface area contributed by atoms with Crippen molar-refractivity contribution in [2.45, 2.75) is 49.5 Å². The lowest BCUT2D eigenvalue weighted by Crippen LogP contribution is -2.32. The number of anilines is 2. The molecule has 2 saturated heterocycles. The standard InChI is InChI=1S/C20H24F2N10O9P2S2/c21-9-3-7(39-18(9)31-2-1-8-14(23)25-6-26-15(8)31)4-38-43(36,45)41-13-11(22)10(5-37-42(34,35)44)40-19(13)32-16-12(29-30-32)17(33)28-20(24)27-16/h1-2,6-7,9-11,13,18-19H,3-5H2,(H,36,45)(H2,23,25,26)(H2,34,35,44)(H3,24,27,28,33)/t7-,9-,10+,11-,13?,18-,19+,43?/m0/s1. The molecular weight excluding hydrogens is 688 g/mol. The van der Waals surface area contributed by atoms with Gasteiger partial charge in [-0.25, -0.2) is 23.3 Å². The number of alkyl halides is 2. The van der Waals surface area contributed by atoms with Gasteiger partial charge in [-0.2, -0.15) is 9.67 Å². The van der Waals surface area contributed by atoms with Gasteiger partial charge < -0.3 is 39.8 Å². The lowest BCUT2D eigenvalue weighted by Gasteiger charge is -2.24. The zero-order valence-corrected chi connectivity index (χ0v) is 25.9. The number of thiol groups is 1. The molecule has 2 fully saturated rings. The molecule has 6 heterocycles. The van der Waals surface area contributed by atoms with Crippen molar-refractivity contribution in [2.24, 2.45) is 0 Å². The van der Waals surface area contributed by atoms with E-state index < -0.39 is 75.4 Å². The third-order valence-electron chi connectivity index (χ3n) is 6.89. The second-order valence-corrected chi connectivity index (χ2v) is 15.4. The van der Waals surface area contributed by atoms with E-state index in [1.54, 1.807) is 12.3 Å². The van der Waals surface area contributed by atoms with Crippen LogP contribution in [0, 0.1) is 0 Å². The first kappa shape index (κ1) is 32.3. The fourth-order valence-corrected chi connectivity index (χ4v) is 6.94. The highest BCUT2D eigenvalue weighted by Crippen LogP contribution is 2.57. The van der Waals surface area contributed by atoms with Gasteiger partial charge in [0.05, 0.1) is 24.7 Å². The molecule has 8 atom stereocenters. The summed E-state index contributed by atoms with van der Waals surface area (Å²) in [7, 11) is 0. The van der Waals surface area contributed by atoms with E-state index in [4.69, 9.17) is 34.5 Å². The van der Waals surface area contributed by atoms with Gasteiger partial charge in [-0.1, -0.05) is 17.5 Å². The maximum absolute atomic E-state index is 15.7. The number of hydrogen-bond donors (Lipinski definition) is 6. The van der Waals surface area contributed by atoms with Gasteiger partial charge in [-0.15, -0.1) is 5.10 Å². The average molecular weight is 713 g/mol. The summed E-state index contributed by atoms with van der Waals surface area (Å²) in [6.45, 7) is -9.94. The molecule has 0 saturated carbocycles. The van der Waals surface area contributed by atoms with Gasteiger partial charge in [0, 0.05) is 12.6 Å². The quantitative estimate of drug-likeness (QED) is 0.0974. The number of aromatic nitrogens is 8. The van der Waals surface area contributed by atoms with Crippen LogP contribution >= 0.6 is 25.8 Å². The molecule has 4 aromatic rings. The van der Waals surface area contributed by atoms with Crippen molar-refractivity contribution in [3.8, 4) is 0 Å². The molecule has 45 heavy (non-hydrogen) atoms. The largest absolute Gasteiger partial charge is 0.386 e. The highest BCUT2D eigenvalue weighted by Gasteiger charge is 2.51. The van der Waals surface area contributed by atoms with E-state index in [0.29, 0.717) is 11.0 Å². The first-order valence-corrected chi connectivity index (χ1v) is 18.2. The predicted molar refractivity (Wildman–Crippen MR) is 157 cm³/mol. The van der Waals surface area contributed by atoms with E-state index in [0.717, 1.165) is 4.68 Å². The molecule has 2 aliphatic heterocycles. The van der Waals surface area contributed by atoms with Crippen LogP contribution in [-0.2, 0) is 39.4 Å². The van der Waals surface area contributed by atoms with Crippen molar-refractivity contribution < 1.29 is 46.2 Å². The first-order valence-electron chi connectivity index (χ1n) is 12.8. The molecular formula is C20H24F2N10O9P2S2. The second-order valence-electron chi connectivity index (χ2n) is 9.91. The molecule has 0 aromatic carbocycles. The predicted octanol–water partition coefficient (Wildman–Crippen LogP) is 0.650. The van der Waals surface area contributed by atoms with Crippen LogP contribution in [0.3, 0.4) is 0 Å². The number of rotatable bonds is 10. The van der Waals surface area contributed by atoms with Crippen LogP contribution in [0.5, 0.6) is 0 Å². The van der Waals surface area contributed by atoms with Crippen molar-refractivity contribution in [1.82, 2.24) is 39.5 Å². The van der Waals surface area contributed by atoms with Gasteiger partial charge in [0.25, 0.3) is 5.56 Å². The fourth-order valence-electron chi connectivity index (χ4n) is 4.95. The van der Waals surface area contributed by atoms with E-state index in [1.807, 2.05) is 0 Å². The van der Waals surface area contributed by atoms with Gasteiger partial charge >= 0.3 is 13.5 Å². The summed E-state index contributed by atoms with van der Waals surface area (Å²) in [5.41, 5.74) is 10.5. The Labute approximate surface area is 260 Å². The Morgan fingerprint density at radius 3 is 2.71 bits per heavy atom. The minimum Gasteiger partial charge on any atom is -0.383 e. The molecule has 0 aliphatic carbocycles. The number of nitrogen functional groups attached to an aromatic ring is 2. The summed E-state index contributed by atoms with van der Waals surface area (Å²) in [5, 5.41) is 7.98. The smallest absolute Gasteiger partial charge is 0.383 e. The Morgan fingerprint density at radius 1 is 1.18 bits per heavy atom. The Kier molecular flexibility index (Phi) is 8.71. The molecule has 4 aromatic heterocycles. The number of fused-ring (bicyclic) bond motifs is 2. The normalized spacial score (nSPS) is 28.7. The summed E-state index contributed by atoms with van der Waals surface area (Å²) in [6, 6.07) is 1.61. The summed E-state index contributed by atoms with van der Waals surface area (Å²) < 4.78 is 73.4. The van der Waals surface area contributed by atoms with E-state index in [1.165, 1.54) is 10.9 Å². The third-order valence-corrected chi connectivity index (χ3v) is 9.30. The number of nitrogens with two attached hydrogens (primary N) is 2. The molecule has 0 amide bonds. The number of nitrogens with zero attached hydrogens (tertiary/aromatic N) is 7. The van der Waals surface area contributed by atoms with Crippen molar-refractivity contribution in [1.29, 1.82) is 0 Å². The van der Waals surface area contributed by atoms with Crippen LogP contribution < -0.4 is 17.0 Å². The van der Waals surface area contributed by atoms with Crippen LogP contribution in [0.4, 0.5) is 20.5 Å². The molecule has 0 bridgehead atoms. The van der Waals surface area contributed by atoms with Crippen LogP contribution in [0.15, 0.2) is 23.4 Å². The lowest BCUT2D eigenvalue weighted by atomic mass is 10.1. The highest BCUT2D eigenvalue weighted by atomic mass is 32.7. The van der Waals surface area contributed by atoms with Crippen molar-refractivity contribution in [3.05, 3.63) is 28.9 Å². The van der Waals surface area contributed by atoms with Gasteiger partial charge in [-0.3, -0.25) is 18.8 Å². The second kappa shape index (κ2) is 12.2. The Balaban J connectivity index is 1.19. The van der Waals surface area contributed by atoms with Gasteiger partial charge in [-0.05, 0) is 17.9 Å². The monoisotopic (exact) mass is 712 g/mol. The maximum Gasteiger partial charge on any atom is 0.386 e. The van der Waals surface area contributed by atoms with Gasteiger partial charge in [0.2, 0.25) is 5.95 Å². The molecule has 2 unspecified atom stereocenters. The van der Waals surface area contributed by atoms with E-state index >= 15 is 8.78 Å². The molecule has 6 rings (SSSR count). The molecule has 244 valence electrons. The minimum absolute atomic E-state index is 0.167. The summed E-state index contributed by atoms with van der Waals surface area (Å²) in [5.74, 6) is -0.116. The Hall–Kier alpha value is -2.69. The number of H-pyrrole nitrogens is 1. The van der Waals surface area contributed by atoms with E-state index in [-0.39, 0.29) is 29.4 Å². The Morgan fingerprint density at radius 2 is 1.96 bits per heavy atom. The van der Waals surface area contributed by atoms with E-state index in [2.05, 4.69) is 54.3 Å². The molecule has 0 radical (unpaired) electrons. The maximum atomic E-state index is 15.7. The third kappa shape index (κ3) is 6.60. The summed E-state index contributed by atoms with van der Waals surface area (Å²) in [4.78, 5) is 45.3. The van der Waals surface area contributed by atoms with Crippen molar-refractivity contribution in [3.63, 3.8) is 0 Å². The van der Waals surface area contributed by atoms with Gasteiger partial charge in [0.1, 0.15) is 36.2 Å². The molecule has 2 aliphatic rings. The Bertz CT molecular complexity index is 1890. The lowest BCUT2D eigenvalue weighted by molar-refractivity contribution is -0.0537. The summed E-state index contributed by atoms with van der Waals surface area (Å²) >= 11 is 8.36. The first-order chi connectivity index (χ1) is 21.2.